The molecule has 0 amide bonds. The Kier molecular flexibility index (Phi) is 4.15. The van der Waals surface area contributed by atoms with Gasteiger partial charge in [-0.25, -0.2) is 9.18 Å². The molecule has 0 aliphatic rings. The summed E-state index contributed by atoms with van der Waals surface area (Å²) in [5.74, 6) is -1.35. The van der Waals surface area contributed by atoms with E-state index in [9.17, 15) is 19.1 Å². The van der Waals surface area contributed by atoms with Crippen molar-refractivity contribution in [1.82, 2.24) is 14.8 Å². The third-order valence-electron chi connectivity index (χ3n) is 3.44. The molecule has 24 heavy (non-hydrogen) atoms. The van der Waals surface area contributed by atoms with Crippen LogP contribution in [-0.4, -0.2) is 25.8 Å². The van der Waals surface area contributed by atoms with Crippen molar-refractivity contribution in [3.63, 3.8) is 0 Å². The van der Waals surface area contributed by atoms with Gasteiger partial charge in [-0.3, -0.25) is 9.78 Å². The lowest BCUT2D eigenvalue weighted by atomic mass is 10.1. The van der Waals surface area contributed by atoms with Crippen LogP contribution in [0.5, 0.6) is 0 Å². The van der Waals surface area contributed by atoms with Crippen molar-refractivity contribution in [3.8, 4) is 16.9 Å². The van der Waals surface area contributed by atoms with E-state index in [0.29, 0.717) is 22.5 Å². The van der Waals surface area contributed by atoms with Crippen molar-refractivity contribution in [2.45, 2.75) is 6.67 Å². The van der Waals surface area contributed by atoms with E-state index < -0.39 is 23.8 Å². The number of carboxylic acids is 1. The van der Waals surface area contributed by atoms with Gasteiger partial charge in [0.05, 0.1) is 17.6 Å². The van der Waals surface area contributed by atoms with Gasteiger partial charge in [-0.2, -0.15) is 9.78 Å². The van der Waals surface area contributed by atoms with Gasteiger partial charge in [0.1, 0.15) is 12.2 Å². The summed E-state index contributed by atoms with van der Waals surface area (Å²) in [5, 5.41) is 13.5. The Hall–Kier alpha value is -3.35. The summed E-state index contributed by atoms with van der Waals surface area (Å²) in [6.45, 7) is -0.594. The molecule has 0 bridgehead atoms. The fraction of sp³-hybridized carbons (Fsp3) is 0.0588. The van der Waals surface area contributed by atoms with Crippen molar-refractivity contribution in [3.05, 3.63) is 76.3 Å². The summed E-state index contributed by atoms with van der Waals surface area (Å²) in [6, 6.07) is 10.8. The highest BCUT2D eigenvalue weighted by atomic mass is 19.1. The molecule has 0 spiro atoms. The van der Waals surface area contributed by atoms with E-state index in [4.69, 9.17) is 0 Å². The second-order valence-corrected chi connectivity index (χ2v) is 5.01. The smallest absolute Gasteiger partial charge is 0.341 e. The zero-order valence-electron chi connectivity index (χ0n) is 12.4. The fourth-order valence-electron chi connectivity index (χ4n) is 2.21. The number of hydrogen-bond donors (Lipinski definition) is 1. The number of benzene rings is 1. The van der Waals surface area contributed by atoms with E-state index in [0.717, 1.165) is 4.68 Å². The molecule has 1 aromatic carbocycles. The SMILES string of the molecule is O=C(O)c1cc(-c2ccc(CF)cc2)nn(-c2cccnc2)c1=O. The van der Waals surface area contributed by atoms with Crippen LogP contribution in [0.1, 0.15) is 15.9 Å². The van der Waals surface area contributed by atoms with Crippen LogP contribution in [-0.2, 0) is 6.67 Å². The van der Waals surface area contributed by atoms with Crippen LogP contribution in [0.15, 0.2) is 59.7 Å². The van der Waals surface area contributed by atoms with Crippen molar-refractivity contribution >= 4 is 5.97 Å². The molecular weight excluding hydrogens is 313 g/mol. The Balaban J connectivity index is 2.21. The van der Waals surface area contributed by atoms with Gasteiger partial charge in [-0.15, -0.1) is 0 Å². The van der Waals surface area contributed by atoms with Crippen molar-refractivity contribution < 1.29 is 14.3 Å². The van der Waals surface area contributed by atoms with Crippen LogP contribution in [0.4, 0.5) is 4.39 Å². The van der Waals surface area contributed by atoms with Crippen LogP contribution in [0, 0.1) is 0 Å². The summed E-state index contributed by atoms with van der Waals surface area (Å²) < 4.78 is 13.6. The molecule has 7 heteroatoms. The monoisotopic (exact) mass is 325 g/mol. The van der Waals surface area contributed by atoms with E-state index in [-0.39, 0.29) is 0 Å². The van der Waals surface area contributed by atoms with Gasteiger partial charge in [0.25, 0.3) is 5.56 Å². The number of aromatic nitrogens is 3. The summed E-state index contributed by atoms with van der Waals surface area (Å²) in [6.07, 6.45) is 2.95. The summed E-state index contributed by atoms with van der Waals surface area (Å²) in [4.78, 5) is 27.6. The molecule has 0 aliphatic heterocycles. The topological polar surface area (TPSA) is 85.1 Å². The molecule has 2 aromatic heterocycles. The third kappa shape index (κ3) is 2.91. The van der Waals surface area contributed by atoms with Crippen LogP contribution < -0.4 is 5.56 Å². The first-order chi connectivity index (χ1) is 11.6. The highest BCUT2D eigenvalue weighted by molar-refractivity contribution is 5.88. The maximum atomic E-state index is 12.6. The first-order valence-corrected chi connectivity index (χ1v) is 7.03. The molecule has 120 valence electrons. The third-order valence-corrected chi connectivity index (χ3v) is 3.44. The number of alkyl halides is 1. The first-order valence-electron chi connectivity index (χ1n) is 7.03. The molecule has 0 radical (unpaired) electrons. The molecule has 0 atom stereocenters. The van der Waals surface area contributed by atoms with Gasteiger partial charge in [0, 0.05) is 11.8 Å². The molecule has 0 saturated heterocycles. The minimum absolute atomic E-state index is 0.293. The minimum Gasteiger partial charge on any atom is -0.477 e. The highest BCUT2D eigenvalue weighted by Gasteiger charge is 2.16. The lowest BCUT2D eigenvalue weighted by molar-refractivity contribution is 0.0694. The number of halogens is 1. The summed E-state index contributed by atoms with van der Waals surface area (Å²) in [7, 11) is 0. The van der Waals surface area contributed by atoms with Gasteiger partial charge in [-0.05, 0) is 23.8 Å². The van der Waals surface area contributed by atoms with E-state index in [1.165, 1.54) is 18.5 Å². The quantitative estimate of drug-likeness (QED) is 0.796. The lowest BCUT2D eigenvalue weighted by Gasteiger charge is -2.09. The van der Waals surface area contributed by atoms with Crippen LogP contribution in [0.2, 0.25) is 0 Å². The lowest BCUT2D eigenvalue weighted by Crippen LogP contribution is -2.27. The Morgan fingerprint density at radius 2 is 1.96 bits per heavy atom. The number of nitrogens with zero attached hydrogens (tertiary/aromatic N) is 3. The fourth-order valence-corrected chi connectivity index (χ4v) is 2.21. The zero-order valence-corrected chi connectivity index (χ0v) is 12.4. The summed E-state index contributed by atoms with van der Waals surface area (Å²) in [5.41, 5.74) is 0.566. The maximum absolute atomic E-state index is 12.6. The van der Waals surface area contributed by atoms with Crippen molar-refractivity contribution in [1.29, 1.82) is 0 Å². The largest absolute Gasteiger partial charge is 0.477 e. The molecule has 0 unspecified atom stereocenters. The first kappa shape index (κ1) is 15.5. The number of rotatable bonds is 4. The average molecular weight is 325 g/mol. The number of carbonyl (C=O) groups is 1. The molecule has 0 saturated carbocycles. The minimum atomic E-state index is -1.35. The number of pyridine rings is 1. The normalized spacial score (nSPS) is 10.5. The molecule has 3 rings (SSSR count). The predicted octanol–water partition coefficient (Wildman–Crippen LogP) is 2.46. The molecule has 1 N–H and O–H groups in total. The standard InChI is InChI=1S/C17H12FN3O3/c18-9-11-3-5-12(6-4-11)15-8-14(17(23)24)16(22)21(20-15)13-2-1-7-19-10-13/h1-8,10H,9H2,(H,23,24). The molecule has 0 fully saturated rings. The molecule has 3 aromatic rings. The Morgan fingerprint density at radius 3 is 2.54 bits per heavy atom. The summed E-state index contributed by atoms with van der Waals surface area (Å²) >= 11 is 0. The van der Waals surface area contributed by atoms with Crippen molar-refractivity contribution in [2.24, 2.45) is 0 Å². The Labute approximate surface area is 135 Å². The van der Waals surface area contributed by atoms with Gasteiger partial charge in [0.15, 0.2) is 0 Å². The van der Waals surface area contributed by atoms with Crippen LogP contribution >= 0.6 is 0 Å². The number of carboxylic acid groups (broad SMARTS) is 1. The highest BCUT2D eigenvalue weighted by Crippen LogP contribution is 2.19. The van der Waals surface area contributed by atoms with Gasteiger partial charge in [0.2, 0.25) is 0 Å². The number of aromatic carboxylic acids is 1. The molecule has 2 heterocycles. The van der Waals surface area contributed by atoms with Crippen molar-refractivity contribution in [2.75, 3.05) is 0 Å². The van der Waals surface area contributed by atoms with Gasteiger partial charge < -0.3 is 5.11 Å². The molecule has 6 nitrogen and oxygen atoms in total. The predicted molar refractivity (Wildman–Crippen MR) is 84.8 cm³/mol. The molecule has 0 aliphatic carbocycles. The van der Waals surface area contributed by atoms with E-state index >= 15 is 0 Å². The Morgan fingerprint density at radius 1 is 1.21 bits per heavy atom. The maximum Gasteiger partial charge on any atom is 0.341 e. The Bertz CT molecular complexity index is 938. The average Bonchev–Trinajstić information content (AvgIpc) is 2.62. The van der Waals surface area contributed by atoms with E-state index in [1.54, 1.807) is 36.4 Å². The molecular formula is C17H12FN3O3. The van der Waals surface area contributed by atoms with Gasteiger partial charge >= 0.3 is 5.97 Å². The van der Waals surface area contributed by atoms with Crippen LogP contribution in [0.3, 0.4) is 0 Å². The van der Waals surface area contributed by atoms with Gasteiger partial charge in [-0.1, -0.05) is 24.3 Å². The second kappa shape index (κ2) is 6.41. The zero-order chi connectivity index (χ0) is 17.1. The van der Waals surface area contributed by atoms with Crippen LogP contribution in [0.25, 0.3) is 16.9 Å². The number of hydrogen-bond acceptors (Lipinski definition) is 4. The second-order valence-electron chi connectivity index (χ2n) is 5.01. The van der Waals surface area contributed by atoms with E-state index in [2.05, 4.69) is 10.1 Å². The van der Waals surface area contributed by atoms with E-state index in [1.807, 2.05) is 0 Å².